The molecule has 0 radical (unpaired) electrons. The number of carbonyl (C=O) groups excluding carboxylic acids is 1. The Bertz CT molecular complexity index is 499. The molecule has 1 aromatic carbocycles. The Morgan fingerprint density at radius 2 is 2.23 bits per heavy atom. The van der Waals surface area contributed by atoms with Gasteiger partial charge < -0.3 is 19.9 Å². The molecule has 0 heterocycles. The molecule has 1 rings (SSSR count). The van der Waals surface area contributed by atoms with Gasteiger partial charge in [0.2, 0.25) is 0 Å². The summed E-state index contributed by atoms with van der Waals surface area (Å²) < 4.78 is 10.3. The van der Waals surface area contributed by atoms with Crippen LogP contribution in [-0.2, 0) is 9.53 Å². The van der Waals surface area contributed by atoms with Crippen molar-refractivity contribution >= 4 is 5.97 Å². The number of ether oxygens (including phenoxy) is 2. The molecule has 0 saturated carbocycles. The number of benzene rings is 1. The molecule has 0 aromatic heterocycles. The van der Waals surface area contributed by atoms with E-state index < -0.39 is 6.10 Å². The van der Waals surface area contributed by atoms with Crippen molar-refractivity contribution in [2.24, 2.45) is 0 Å². The van der Waals surface area contributed by atoms with Crippen molar-refractivity contribution < 1.29 is 19.4 Å². The summed E-state index contributed by atoms with van der Waals surface area (Å²) in [6, 6.07) is 8.88. The van der Waals surface area contributed by atoms with Crippen molar-refractivity contribution in [3.05, 3.63) is 29.8 Å². The van der Waals surface area contributed by atoms with Gasteiger partial charge in [-0.3, -0.25) is 4.79 Å². The first-order chi connectivity index (χ1) is 10.7. The predicted molar refractivity (Wildman–Crippen MR) is 81.4 cm³/mol. The summed E-state index contributed by atoms with van der Waals surface area (Å²) in [7, 11) is 0. The van der Waals surface area contributed by atoms with Gasteiger partial charge in [-0.25, -0.2) is 0 Å². The number of esters is 1. The van der Waals surface area contributed by atoms with Gasteiger partial charge in [0.25, 0.3) is 0 Å². The second kappa shape index (κ2) is 10.6. The molecule has 1 aromatic rings. The van der Waals surface area contributed by atoms with Crippen LogP contribution in [0.25, 0.3) is 0 Å². The maximum Gasteiger partial charge on any atom is 0.307 e. The SMILES string of the molecule is CCCOC(=O)CCNCC(O)COc1ccccc1C#N. The monoisotopic (exact) mass is 306 g/mol. The highest BCUT2D eigenvalue weighted by Crippen LogP contribution is 2.16. The van der Waals surface area contributed by atoms with Gasteiger partial charge in [-0.15, -0.1) is 0 Å². The van der Waals surface area contributed by atoms with Crippen LogP contribution in [0, 0.1) is 11.3 Å². The van der Waals surface area contributed by atoms with E-state index in [1.54, 1.807) is 24.3 Å². The highest BCUT2D eigenvalue weighted by atomic mass is 16.5. The fourth-order valence-electron chi connectivity index (χ4n) is 1.68. The quantitative estimate of drug-likeness (QED) is 0.499. The summed E-state index contributed by atoms with van der Waals surface area (Å²) >= 11 is 0. The minimum atomic E-state index is -0.724. The van der Waals surface area contributed by atoms with Crippen LogP contribution in [0.4, 0.5) is 0 Å². The smallest absolute Gasteiger partial charge is 0.307 e. The van der Waals surface area contributed by atoms with E-state index in [2.05, 4.69) is 5.32 Å². The molecular formula is C16H22N2O4. The number of para-hydroxylation sites is 1. The highest BCUT2D eigenvalue weighted by Gasteiger charge is 2.08. The van der Waals surface area contributed by atoms with E-state index in [0.29, 0.717) is 31.0 Å². The highest BCUT2D eigenvalue weighted by molar-refractivity contribution is 5.69. The molecular weight excluding hydrogens is 284 g/mol. The van der Waals surface area contributed by atoms with E-state index in [1.807, 2.05) is 13.0 Å². The van der Waals surface area contributed by atoms with Crippen molar-refractivity contribution in [2.45, 2.75) is 25.9 Å². The number of nitrogens with zero attached hydrogens (tertiary/aromatic N) is 1. The maximum absolute atomic E-state index is 11.2. The molecule has 0 amide bonds. The van der Waals surface area contributed by atoms with Gasteiger partial charge in [-0.2, -0.15) is 5.26 Å². The van der Waals surface area contributed by atoms with E-state index >= 15 is 0 Å². The van der Waals surface area contributed by atoms with Crippen LogP contribution in [0.1, 0.15) is 25.3 Å². The van der Waals surface area contributed by atoms with E-state index in [9.17, 15) is 9.90 Å². The van der Waals surface area contributed by atoms with Gasteiger partial charge in [-0.05, 0) is 18.6 Å². The Morgan fingerprint density at radius 3 is 2.95 bits per heavy atom. The van der Waals surface area contributed by atoms with Gasteiger partial charge in [0, 0.05) is 13.1 Å². The van der Waals surface area contributed by atoms with Gasteiger partial charge in [0.05, 0.1) is 18.6 Å². The van der Waals surface area contributed by atoms with Gasteiger partial charge in [-0.1, -0.05) is 19.1 Å². The first-order valence-corrected chi connectivity index (χ1v) is 7.33. The Morgan fingerprint density at radius 1 is 1.45 bits per heavy atom. The average Bonchev–Trinajstić information content (AvgIpc) is 2.55. The zero-order valence-corrected chi connectivity index (χ0v) is 12.7. The van der Waals surface area contributed by atoms with Crippen LogP contribution in [0.3, 0.4) is 0 Å². The summed E-state index contributed by atoms with van der Waals surface area (Å²) in [6.07, 6.45) is 0.350. The number of rotatable bonds is 10. The first kappa shape index (κ1) is 18.0. The van der Waals surface area contributed by atoms with Crippen LogP contribution in [0.2, 0.25) is 0 Å². The number of nitrogens with one attached hydrogen (secondary N) is 1. The molecule has 0 spiro atoms. The van der Waals surface area contributed by atoms with Crippen molar-refractivity contribution in [2.75, 3.05) is 26.3 Å². The van der Waals surface area contributed by atoms with E-state index in [1.165, 1.54) is 0 Å². The zero-order valence-electron chi connectivity index (χ0n) is 12.7. The Labute approximate surface area is 130 Å². The number of aliphatic hydroxyl groups excluding tert-OH is 1. The standard InChI is InChI=1S/C16H22N2O4/c1-2-9-21-16(20)7-8-18-11-14(19)12-22-15-6-4-3-5-13(15)10-17/h3-6,14,18-19H,2,7-9,11-12H2,1H3. The third-order valence-electron chi connectivity index (χ3n) is 2.79. The van der Waals surface area contributed by atoms with Crippen LogP contribution < -0.4 is 10.1 Å². The van der Waals surface area contributed by atoms with Crippen molar-refractivity contribution in [3.63, 3.8) is 0 Å². The summed E-state index contributed by atoms with van der Waals surface area (Å²) in [6.45, 7) is 3.19. The Balaban J connectivity index is 2.17. The summed E-state index contributed by atoms with van der Waals surface area (Å²) in [5, 5.41) is 21.7. The maximum atomic E-state index is 11.2. The largest absolute Gasteiger partial charge is 0.489 e. The van der Waals surface area contributed by atoms with Crippen LogP contribution >= 0.6 is 0 Å². The molecule has 22 heavy (non-hydrogen) atoms. The van der Waals surface area contributed by atoms with E-state index in [-0.39, 0.29) is 19.0 Å². The average molecular weight is 306 g/mol. The van der Waals surface area contributed by atoms with Crippen LogP contribution in [0.15, 0.2) is 24.3 Å². The molecule has 0 aliphatic heterocycles. The Kier molecular flexibility index (Phi) is 8.65. The minimum absolute atomic E-state index is 0.0754. The molecule has 6 heteroatoms. The molecule has 0 bridgehead atoms. The fraction of sp³-hybridized carbons (Fsp3) is 0.500. The Hall–Kier alpha value is -2.10. The van der Waals surface area contributed by atoms with Crippen molar-refractivity contribution in [1.82, 2.24) is 5.32 Å². The third kappa shape index (κ3) is 7.07. The van der Waals surface area contributed by atoms with Crippen LogP contribution in [0.5, 0.6) is 5.75 Å². The number of carbonyl (C=O) groups is 1. The van der Waals surface area contributed by atoms with E-state index in [0.717, 1.165) is 6.42 Å². The van der Waals surface area contributed by atoms with Gasteiger partial charge in [0.1, 0.15) is 24.5 Å². The fourth-order valence-corrected chi connectivity index (χ4v) is 1.68. The molecule has 0 saturated heterocycles. The lowest BCUT2D eigenvalue weighted by atomic mass is 10.2. The summed E-state index contributed by atoms with van der Waals surface area (Å²) in [5.74, 6) is 0.204. The molecule has 0 aliphatic carbocycles. The molecule has 0 fully saturated rings. The third-order valence-corrected chi connectivity index (χ3v) is 2.79. The zero-order chi connectivity index (χ0) is 16.2. The lowest BCUT2D eigenvalue weighted by molar-refractivity contribution is -0.143. The molecule has 120 valence electrons. The topological polar surface area (TPSA) is 91.6 Å². The second-order valence-electron chi connectivity index (χ2n) is 4.75. The van der Waals surface area contributed by atoms with Crippen molar-refractivity contribution in [3.8, 4) is 11.8 Å². The number of hydrogen-bond acceptors (Lipinski definition) is 6. The summed E-state index contributed by atoms with van der Waals surface area (Å²) in [4.78, 5) is 11.2. The number of hydrogen-bond donors (Lipinski definition) is 2. The molecule has 1 atom stereocenters. The van der Waals surface area contributed by atoms with Crippen molar-refractivity contribution in [1.29, 1.82) is 5.26 Å². The molecule has 6 nitrogen and oxygen atoms in total. The minimum Gasteiger partial charge on any atom is -0.489 e. The van der Waals surface area contributed by atoms with Gasteiger partial charge in [0.15, 0.2) is 0 Å². The molecule has 1 unspecified atom stereocenters. The predicted octanol–water partition coefficient (Wildman–Crippen LogP) is 1.23. The normalized spacial score (nSPS) is 11.5. The second-order valence-corrected chi connectivity index (χ2v) is 4.75. The molecule has 0 aliphatic rings. The van der Waals surface area contributed by atoms with Crippen LogP contribution in [-0.4, -0.2) is 43.5 Å². The lowest BCUT2D eigenvalue weighted by Gasteiger charge is -2.13. The lowest BCUT2D eigenvalue weighted by Crippen LogP contribution is -2.32. The van der Waals surface area contributed by atoms with E-state index in [4.69, 9.17) is 14.7 Å². The number of aliphatic hydroxyl groups is 1. The number of nitriles is 1. The first-order valence-electron chi connectivity index (χ1n) is 7.33. The molecule has 2 N–H and O–H groups in total. The van der Waals surface area contributed by atoms with Gasteiger partial charge >= 0.3 is 5.97 Å². The summed E-state index contributed by atoms with van der Waals surface area (Å²) in [5.41, 5.74) is 0.432.